The van der Waals surface area contributed by atoms with Crippen LogP contribution in [0.15, 0.2) is 4.52 Å². The van der Waals surface area contributed by atoms with Crippen LogP contribution < -0.4 is 5.73 Å². The Labute approximate surface area is 100 Å². The van der Waals surface area contributed by atoms with Crippen LogP contribution in [0.2, 0.25) is 0 Å². The van der Waals surface area contributed by atoms with Gasteiger partial charge in [-0.25, -0.2) is 0 Å². The van der Waals surface area contributed by atoms with Crippen LogP contribution in [0.1, 0.15) is 31.5 Å². The lowest BCUT2D eigenvalue weighted by Gasteiger charge is -2.36. The second-order valence-electron chi connectivity index (χ2n) is 4.95. The Hall–Kier alpha value is -1.43. The molecule has 1 aromatic rings. The average molecular weight is 238 g/mol. The molecule has 1 aromatic heterocycles. The van der Waals surface area contributed by atoms with Gasteiger partial charge in [-0.3, -0.25) is 9.69 Å². The summed E-state index contributed by atoms with van der Waals surface area (Å²) in [7, 11) is 0. The van der Waals surface area contributed by atoms with Crippen molar-refractivity contribution in [3.8, 4) is 0 Å². The van der Waals surface area contributed by atoms with E-state index in [1.54, 1.807) is 0 Å². The number of nitrogens with two attached hydrogens (primary N) is 1. The first-order valence-electron chi connectivity index (χ1n) is 5.81. The minimum atomic E-state index is -0.276. The van der Waals surface area contributed by atoms with Crippen molar-refractivity contribution in [3.05, 3.63) is 11.7 Å². The molecule has 0 unspecified atom stereocenters. The van der Waals surface area contributed by atoms with Crippen molar-refractivity contribution in [3.63, 3.8) is 0 Å². The monoisotopic (exact) mass is 238 g/mol. The summed E-state index contributed by atoms with van der Waals surface area (Å²) in [5, 5.41) is 3.83. The lowest BCUT2D eigenvalue weighted by molar-refractivity contribution is -0.119. The fourth-order valence-corrected chi connectivity index (χ4v) is 2.18. The van der Waals surface area contributed by atoms with E-state index >= 15 is 0 Å². The summed E-state index contributed by atoms with van der Waals surface area (Å²) >= 11 is 0. The first-order valence-corrected chi connectivity index (χ1v) is 5.81. The number of hydrogen-bond donors (Lipinski definition) is 1. The summed E-state index contributed by atoms with van der Waals surface area (Å²) in [5.74, 6) is 1.09. The molecule has 0 aromatic carbocycles. The van der Waals surface area contributed by atoms with Crippen LogP contribution in [0.4, 0.5) is 0 Å². The van der Waals surface area contributed by atoms with Gasteiger partial charge in [0.1, 0.15) is 0 Å². The molecule has 1 aliphatic rings. The molecule has 0 bridgehead atoms. The van der Waals surface area contributed by atoms with Gasteiger partial charge in [-0.2, -0.15) is 4.98 Å². The van der Waals surface area contributed by atoms with Crippen LogP contribution in [0.5, 0.6) is 0 Å². The van der Waals surface area contributed by atoms with E-state index in [1.165, 1.54) is 0 Å². The molecule has 0 atom stereocenters. The molecule has 1 amide bonds. The number of nitrogens with zero attached hydrogens (tertiary/aromatic N) is 3. The zero-order chi connectivity index (χ0) is 12.5. The first-order chi connectivity index (χ1) is 7.99. The van der Waals surface area contributed by atoms with Crippen LogP contribution in [-0.4, -0.2) is 40.6 Å². The molecule has 17 heavy (non-hydrogen) atoms. The van der Waals surface area contributed by atoms with E-state index in [9.17, 15) is 4.79 Å². The molecular formula is C11H18N4O2. The van der Waals surface area contributed by atoms with Gasteiger partial charge < -0.3 is 10.3 Å². The van der Waals surface area contributed by atoms with E-state index in [4.69, 9.17) is 10.3 Å². The van der Waals surface area contributed by atoms with E-state index in [0.717, 1.165) is 25.9 Å². The SMILES string of the molecule is Cc1noc(C2(C)CCN(CC(N)=O)CC2)n1. The predicted octanol–water partition coefficient (Wildman–Crippen LogP) is 0.217. The van der Waals surface area contributed by atoms with Crippen LogP contribution in [0.3, 0.4) is 0 Å². The summed E-state index contributed by atoms with van der Waals surface area (Å²) in [6.07, 6.45) is 1.81. The third-order valence-electron chi connectivity index (χ3n) is 3.38. The maximum atomic E-state index is 10.8. The van der Waals surface area contributed by atoms with Gasteiger partial charge in [-0.1, -0.05) is 12.1 Å². The second-order valence-corrected chi connectivity index (χ2v) is 4.95. The molecule has 6 nitrogen and oxygen atoms in total. The van der Waals surface area contributed by atoms with Crippen LogP contribution in [-0.2, 0) is 10.2 Å². The zero-order valence-corrected chi connectivity index (χ0v) is 10.3. The van der Waals surface area contributed by atoms with Crippen LogP contribution in [0.25, 0.3) is 0 Å². The number of aromatic nitrogens is 2. The number of piperidine rings is 1. The molecule has 94 valence electrons. The van der Waals surface area contributed by atoms with Crippen LogP contribution >= 0.6 is 0 Å². The van der Waals surface area contributed by atoms with Gasteiger partial charge >= 0.3 is 0 Å². The van der Waals surface area contributed by atoms with Gasteiger partial charge in [-0.05, 0) is 32.9 Å². The number of carbonyl (C=O) groups is 1. The molecule has 1 fully saturated rings. The van der Waals surface area contributed by atoms with Crippen molar-refractivity contribution in [1.29, 1.82) is 0 Å². The molecule has 1 saturated heterocycles. The quantitative estimate of drug-likeness (QED) is 0.814. The maximum Gasteiger partial charge on any atom is 0.232 e. The summed E-state index contributed by atoms with van der Waals surface area (Å²) in [6.45, 7) is 5.95. The molecular weight excluding hydrogens is 220 g/mol. The van der Waals surface area contributed by atoms with Gasteiger partial charge in [0.15, 0.2) is 5.82 Å². The number of aryl methyl sites for hydroxylation is 1. The van der Waals surface area contributed by atoms with Crippen molar-refractivity contribution >= 4 is 5.91 Å². The predicted molar refractivity (Wildman–Crippen MR) is 61.3 cm³/mol. The Balaban J connectivity index is 2.00. The minimum absolute atomic E-state index is 0.0740. The Morgan fingerprint density at radius 2 is 2.18 bits per heavy atom. The standard InChI is InChI=1S/C11H18N4O2/c1-8-13-10(17-14-8)11(2)3-5-15(6-4-11)7-9(12)16/h3-7H2,1-2H3,(H2,12,16). The third kappa shape index (κ3) is 2.63. The molecule has 2 heterocycles. The van der Waals surface area contributed by atoms with Crippen molar-refractivity contribution in [1.82, 2.24) is 15.0 Å². The second kappa shape index (κ2) is 4.44. The third-order valence-corrected chi connectivity index (χ3v) is 3.38. The molecule has 2 N–H and O–H groups in total. The fraction of sp³-hybridized carbons (Fsp3) is 0.727. The van der Waals surface area contributed by atoms with Gasteiger partial charge in [0.25, 0.3) is 0 Å². The van der Waals surface area contributed by atoms with E-state index in [1.807, 2.05) is 6.92 Å². The van der Waals surface area contributed by atoms with Gasteiger partial charge in [0.2, 0.25) is 11.8 Å². The minimum Gasteiger partial charge on any atom is -0.369 e. The van der Waals surface area contributed by atoms with E-state index in [0.29, 0.717) is 18.3 Å². The molecule has 1 aliphatic heterocycles. The summed E-state index contributed by atoms with van der Waals surface area (Å²) in [5.41, 5.74) is 5.11. The van der Waals surface area contributed by atoms with Gasteiger partial charge in [-0.15, -0.1) is 0 Å². The average Bonchev–Trinajstić information content (AvgIpc) is 2.69. The van der Waals surface area contributed by atoms with Crippen molar-refractivity contribution in [2.75, 3.05) is 19.6 Å². The molecule has 2 rings (SSSR count). The largest absolute Gasteiger partial charge is 0.369 e. The smallest absolute Gasteiger partial charge is 0.232 e. The summed E-state index contributed by atoms with van der Waals surface area (Å²) in [4.78, 5) is 17.2. The molecule has 0 aliphatic carbocycles. The highest BCUT2D eigenvalue weighted by molar-refractivity contribution is 5.75. The zero-order valence-electron chi connectivity index (χ0n) is 10.3. The summed E-state index contributed by atoms with van der Waals surface area (Å²) in [6, 6.07) is 0. The first kappa shape index (κ1) is 12.0. The van der Waals surface area contributed by atoms with E-state index < -0.39 is 0 Å². The van der Waals surface area contributed by atoms with Crippen LogP contribution in [0, 0.1) is 6.92 Å². The highest BCUT2D eigenvalue weighted by Crippen LogP contribution is 2.33. The van der Waals surface area contributed by atoms with Crippen molar-refractivity contribution in [2.24, 2.45) is 5.73 Å². The normalized spacial score (nSPS) is 20.4. The highest BCUT2D eigenvalue weighted by Gasteiger charge is 2.36. The van der Waals surface area contributed by atoms with Gasteiger partial charge in [0.05, 0.1) is 6.54 Å². The Morgan fingerprint density at radius 1 is 1.53 bits per heavy atom. The number of primary amides is 1. The number of likely N-dealkylation sites (tertiary alicyclic amines) is 1. The lowest BCUT2D eigenvalue weighted by atomic mass is 9.80. The molecule has 0 radical (unpaired) electrons. The van der Waals surface area contributed by atoms with Gasteiger partial charge in [0, 0.05) is 5.41 Å². The van der Waals surface area contributed by atoms with E-state index in [-0.39, 0.29) is 11.3 Å². The number of hydrogen-bond acceptors (Lipinski definition) is 5. The Bertz CT molecular complexity index is 407. The van der Waals surface area contributed by atoms with Crippen molar-refractivity contribution < 1.29 is 9.32 Å². The number of amides is 1. The Morgan fingerprint density at radius 3 is 2.65 bits per heavy atom. The summed E-state index contributed by atoms with van der Waals surface area (Å²) < 4.78 is 5.25. The maximum absolute atomic E-state index is 10.8. The van der Waals surface area contributed by atoms with E-state index in [2.05, 4.69) is 22.0 Å². The Kier molecular flexibility index (Phi) is 3.15. The fourth-order valence-electron chi connectivity index (χ4n) is 2.18. The topological polar surface area (TPSA) is 85.3 Å². The number of carbonyl (C=O) groups excluding carboxylic acids is 1. The molecule has 0 spiro atoms. The lowest BCUT2D eigenvalue weighted by Crippen LogP contribution is -2.44. The molecule has 0 saturated carbocycles. The molecule has 6 heteroatoms. The number of rotatable bonds is 3. The highest BCUT2D eigenvalue weighted by atomic mass is 16.5. The van der Waals surface area contributed by atoms with Crippen molar-refractivity contribution in [2.45, 2.75) is 32.1 Å².